The highest BCUT2D eigenvalue weighted by Crippen LogP contribution is 2.36. The highest BCUT2D eigenvalue weighted by Gasteiger charge is 2.49. The van der Waals surface area contributed by atoms with Crippen LogP contribution in [0.25, 0.3) is 0 Å². The number of hydrogen-bond acceptors (Lipinski definition) is 3. The summed E-state index contributed by atoms with van der Waals surface area (Å²) in [6, 6.07) is 8.23. The fourth-order valence-electron chi connectivity index (χ4n) is 5.00. The molecule has 0 aliphatic carbocycles. The van der Waals surface area contributed by atoms with Gasteiger partial charge in [-0.15, -0.1) is 0 Å². The number of amides is 2. The van der Waals surface area contributed by atoms with Crippen LogP contribution in [0.2, 0.25) is 0 Å². The van der Waals surface area contributed by atoms with E-state index in [2.05, 4.69) is 22.6 Å². The molecule has 36 heavy (non-hydrogen) atoms. The summed E-state index contributed by atoms with van der Waals surface area (Å²) in [5.41, 5.74) is 1.21. The van der Waals surface area contributed by atoms with E-state index in [1.807, 2.05) is 45.6 Å². The van der Waals surface area contributed by atoms with Gasteiger partial charge >= 0.3 is 0 Å². The van der Waals surface area contributed by atoms with Crippen LogP contribution >= 0.6 is 22.6 Å². The van der Waals surface area contributed by atoms with Crippen LogP contribution in [0.4, 0.5) is 8.78 Å². The van der Waals surface area contributed by atoms with Crippen molar-refractivity contribution in [2.45, 2.75) is 71.8 Å². The molecule has 8 heteroatoms. The first kappa shape index (κ1) is 28.5. The molecule has 1 fully saturated rings. The van der Waals surface area contributed by atoms with Gasteiger partial charge in [0.15, 0.2) is 0 Å². The van der Waals surface area contributed by atoms with E-state index in [1.54, 1.807) is 17.0 Å². The van der Waals surface area contributed by atoms with Crippen LogP contribution in [-0.2, 0) is 11.2 Å². The number of aryl methyl sites for hydroxylation is 1. The lowest BCUT2D eigenvalue weighted by Crippen LogP contribution is -2.49. The molecule has 5 nitrogen and oxygen atoms in total. The molecule has 1 heterocycles. The summed E-state index contributed by atoms with van der Waals surface area (Å²) in [7, 11) is 0. The molecule has 0 radical (unpaired) electrons. The van der Waals surface area contributed by atoms with E-state index in [9.17, 15) is 18.4 Å². The van der Waals surface area contributed by atoms with Crippen LogP contribution in [-0.4, -0.2) is 57.0 Å². The average Bonchev–Trinajstić information content (AvgIpc) is 3.06. The van der Waals surface area contributed by atoms with Crippen molar-refractivity contribution in [3.05, 3.63) is 70.3 Å². The molecule has 0 aromatic heterocycles. The Morgan fingerprint density at radius 3 is 2.14 bits per heavy atom. The van der Waals surface area contributed by atoms with E-state index in [0.29, 0.717) is 34.2 Å². The van der Waals surface area contributed by atoms with Crippen LogP contribution in [0.1, 0.15) is 72.4 Å². The number of benzene rings is 2. The quantitative estimate of drug-likeness (QED) is 0.252. The Labute approximate surface area is 226 Å². The second kappa shape index (κ2) is 12.0. The SMILES string of the molecule is CCCN(CCC)C(=O)c1cc(C)cc(C(=O)N2C(Cc3cc(F)cc(F)c3)C(CI)OC2(C)C)c1. The number of ether oxygens (including phenoxy) is 1. The molecule has 0 bridgehead atoms. The van der Waals surface area contributed by atoms with Crippen molar-refractivity contribution < 1.29 is 23.1 Å². The van der Waals surface area contributed by atoms with E-state index in [4.69, 9.17) is 4.74 Å². The van der Waals surface area contributed by atoms with Crippen molar-refractivity contribution in [3.63, 3.8) is 0 Å². The third-order valence-electron chi connectivity index (χ3n) is 6.36. The number of rotatable bonds is 9. The number of nitrogens with zero attached hydrogens (tertiary/aromatic N) is 2. The molecule has 0 spiro atoms. The van der Waals surface area contributed by atoms with Crippen molar-refractivity contribution >= 4 is 34.4 Å². The smallest absolute Gasteiger partial charge is 0.256 e. The van der Waals surface area contributed by atoms with E-state index in [1.165, 1.54) is 12.1 Å². The van der Waals surface area contributed by atoms with Gasteiger partial charge in [-0.3, -0.25) is 9.59 Å². The zero-order chi connectivity index (χ0) is 26.6. The van der Waals surface area contributed by atoms with E-state index >= 15 is 0 Å². The van der Waals surface area contributed by atoms with E-state index < -0.39 is 23.4 Å². The molecule has 1 saturated heterocycles. The molecule has 3 rings (SSSR count). The Balaban J connectivity index is 1.99. The summed E-state index contributed by atoms with van der Waals surface area (Å²) >= 11 is 2.21. The highest BCUT2D eigenvalue weighted by atomic mass is 127. The topological polar surface area (TPSA) is 49.9 Å². The van der Waals surface area contributed by atoms with Gasteiger partial charge in [0.2, 0.25) is 0 Å². The van der Waals surface area contributed by atoms with Gasteiger partial charge in [0.1, 0.15) is 17.4 Å². The average molecular weight is 612 g/mol. The number of halogens is 3. The lowest BCUT2D eigenvalue weighted by Gasteiger charge is -2.34. The van der Waals surface area contributed by atoms with Gasteiger partial charge in [-0.25, -0.2) is 8.78 Å². The third-order valence-corrected chi connectivity index (χ3v) is 7.23. The molecule has 2 aromatic carbocycles. The van der Waals surface area contributed by atoms with Crippen LogP contribution in [0.3, 0.4) is 0 Å². The van der Waals surface area contributed by atoms with E-state index in [0.717, 1.165) is 24.5 Å². The Kier molecular flexibility index (Phi) is 9.49. The van der Waals surface area contributed by atoms with E-state index in [-0.39, 0.29) is 24.3 Å². The first-order valence-electron chi connectivity index (χ1n) is 12.4. The minimum atomic E-state index is -0.937. The Hall–Kier alpha value is -2.07. The summed E-state index contributed by atoms with van der Waals surface area (Å²) in [6.07, 6.45) is 1.63. The maximum atomic E-state index is 14.0. The predicted octanol–water partition coefficient (Wildman–Crippen LogP) is 6.16. The summed E-state index contributed by atoms with van der Waals surface area (Å²) in [5.74, 6) is -1.68. The number of carbonyl (C=O) groups excluding carboxylic acids is 2. The zero-order valence-electron chi connectivity index (χ0n) is 21.6. The Morgan fingerprint density at radius 1 is 1.00 bits per heavy atom. The third kappa shape index (κ3) is 6.43. The summed E-state index contributed by atoms with van der Waals surface area (Å²) in [5, 5.41) is 0. The standard InChI is InChI=1S/C28H35F2IN2O3/c1-6-8-32(9-7-2)26(34)20-10-18(3)11-21(15-20)27(35)33-24(25(17-31)36-28(33,4)5)14-19-12-22(29)16-23(30)13-19/h10-13,15-16,24-25H,6-9,14,17H2,1-5H3. The number of alkyl halides is 1. The van der Waals surface area contributed by atoms with Gasteiger partial charge in [-0.1, -0.05) is 36.4 Å². The van der Waals surface area contributed by atoms with Gasteiger partial charge in [-0.05, 0) is 81.5 Å². The molecule has 196 valence electrons. The monoisotopic (exact) mass is 612 g/mol. The molecule has 0 N–H and O–H groups in total. The minimum absolute atomic E-state index is 0.0923. The van der Waals surface area contributed by atoms with Crippen molar-refractivity contribution in [2.24, 2.45) is 0 Å². The molecule has 2 unspecified atom stereocenters. The van der Waals surface area contributed by atoms with Crippen molar-refractivity contribution in [1.82, 2.24) is 9.80 Å². The lowest BCUT2D eigenvalue weighted by atomic mass is 9.98. The second-order valence-corrected chi connectivity index (χ2v) is 10.7. The van der Waals surface area contributed by atoms with Gasteiger partial charge in [0.25, 0.3) is 11.8 Å². The molecule has 2 aromatic rings. The maximum absolute atomic E-state index is 14.0. The largest absolute Gasteiger partial charge is 0.350 e. The van der Waals surface area contributed by atoms with Crippen molar-refractivity contribution in [1.29, 1.82) is 0 Å². The summed E-state index contributed by atoms with van der Waals surface area (Å²) < 4.78 is 34.7. The lowest BCUT2D eigenvalue weighted by molar-refractivity contribution is -0.0583. The van der Waals surface area contributed by atoms with Gasteiger partial charge in [-0.2, -0.15) is 0 Å². The molecule has 2 amide bonds. The highest BCUT2D eigenvalue weighted by molar-refractivity contribution is 14.1. The van der Waals surface area contributed by atoms with Gasteiger partial charge in [0, 0.05) is 34.7 Å². The number of hydrogen-bond donors (Lipinski definition) is 0. The summed E-state index contributed by atoms with van der Waals surface area (Å²) in [4.78, 5) is 30.7. The fourth-order valence-corrected chi connectivity index (χ4v) is 5.77. The molecule has 2 atom stereocenters. The molecular formula is C28H35F2IN2O3. The van der Waals surface area contributed by atoms with Crippen LogP contribution < -0.4 is 0 Å². The Bertz CT molecular complexity index is 1080. The maximum Gasteiger partial charge on any atom is 0.256 e. The fraction of sp³-hybridized carbons (Fsp3) is 0.500. The summed E-state index contributed by atoms with van der Waals surface area (Å²) in [6.45, 7) is 10.9. The normalized spacial score (nSPS) is 18.9. The molecular weight excluding hydrogens is 577 g/mol. The first-order chi connectivity index (χ1) is 17.0. The van der Waals surface area contributed by atoms with Crippen LogP contribution in [0, 0.1) is 18.6 Å². The molecule has 1 aliphatic heterocycles. The van der Waals surface area contributed by atoms with Crippen molar-refractivity contribution in [2.75, 3.05) is 17.5 Å². The molecule has 1 aliphatic rings. The van der Waals surface area contributed by atoms with Gasteiger partial charge < -0.3 is 14.5 Å². The second-order valence-electron chi connectivity index (χ2n) is 9.86. The Morgan fingerprint density at radius 2 is 1.58 bits per heavy atom. The number of carbonyl (C=O) groups is 2. The minimum Gasteiger partial charge on any atom is -0.350 e. The van der Waals surface area contributed by atoms with Gasteiger partial charge in [0.05, 0.1) is 12.1 Å². The van der Waals surface area contributed by atoms with Crippen molar-refractivity contribution in [3.8, 4) is 0 Å². The van der Waals surface area contributed by atoms with Crippen LogP contribution in [0.5, 0.6) is 0 Å². The molecule has 0 saturated carbocycles. The van der Waals surface area contributed by atoms with Crippen LogP contribution in [0.15, 0.2) is 36.4 Å². The zero-order valence-corrected chi connectivity index (χ0v) is 23.8. The predicted molar refractivity (Wildman–Crippen MR) is 146 cm³/mol. The first-order valence-corrected chi connectivity index (χ1v) is 14.0.